The number of hydrogen-bond donors (Lipinski definition) is 0. The highest BCUT2D eigenvalue weighted by molar-refractivity contribution is 7.26. The van der Waals surface area contributed by atoms with Crippen LogP contribution in [0.25, 0.3) is 97.4 Å². The molecule has 0 unspecified atom stereocenters. The van der Waals surface area contributed by atoms with E-state index in [1.807, 2.05) is 11.3 Å². The molecule has 2 aliphatic carbocycles. The van der Waals surface area contributed by atoms with Gasteiger partial charge in [-0.1, -0.05) is 167 Å². The Morgan fingerprint density at radius 1 is 0.316 bits per heavy atom. The van der Waals surface area contributed by atoms with Gasteiger partial charge in [0.1, 0.15) is 0 Å². The van der Waals surface area contributed by atoms with Crippen LogP contribution in [-0.2, 0) is 10.8 Å². The molecule has 2 aliphatic rings. The molecular formula is C56H40S. The number of rotatable bonds is 3. The summed E-state index contributed by atoms with van der Waals surface area (Å²) in [5.74, 6) is 0. The van der Waals surface area contributed by atoms with E-state index in [0.29, 0.717) is 0 Å². The molecule has 10 aromatic rings. The van der Waals surface area contributed by atoms with E-state index in [4.69, 9.17) is 0 Å². The molecule has 0 radical (unpaired) electrons. The maximum absolute atomic E-state index is 2.49. The number of benzene rings is 9. The van der Waals surface area contributed by atoms with Crippen molar-refractivity contribution in [3.05, 3.63) is 192 Å². The van der Waals surface area contributed by atoms with Crippen molar-refractivity contribution in [3.63, 3.8) is 0 Å². The molecule has 0 saturated heterocycles. The second kappa shape index (κ2) is 11.6. The molecule has 1 heteroatoms. The van der Waals surface area contributed by atoms with Gasteiger partial charge in [0.05, 0.1) is 0 Å². The highest BCUT2D eigenvalue weighted by Crippen LogP contribution is 2.54. The molecule has 0 aliphatic heterocycles. The summed E-state index contributed by atoms with van der Waals surface area (Å²) in [6.45, 7) is 9.49. The van der Waals surface area contributed by atoms with Crippen LogP contribution in [0.1, 0.15) is 49.9 Å². The zero-order chi connectivity index (χ0) is 38.2. The normalized spacial score (nSPS) is 14.6. The van der Waals surface area contributed by atoms with Crippen molar-refractivity contribution in [2.45, 2.75) is 38.5 Å². The smallest absolute Gasteiger partial charge is 0.0361 e. The minimum Gasteiger partial charge on any atom is -0.135 e. The quantitative estimate of drug-likeness (QED) is 0.158. The SMILES string of the molecule is CC1(C)c2ccccc2-c2cc(-c3c4ccccc4c(-c4cccc5sc6ccccc6c45)c4ccc(-c5ccc6c(c5)C(C)(C)c5ccccc5-6)cc34)ccc21. The summed E-state index contributed by atoms with van der Waals surface area (Å²) in [5.41, 5.74) is 18.6. The molecule has 0 atom stereocenters. The average Bonchev–Trinajstić information content (AvgIpc) is 3.82. The van der Waals surface area contributed by atoms with Crippen LogP contribution in [0.5, 0.6) is 0 Å². The maximum Gasteiger partial charge on any atom is 0.0361 e. The molecule has 0 nitrogen and oxygen atoms in total. The first-order chi connectivity index (χ1) is 27.8. The van der Waals surface area contributed by atoms with Crippen molar-refractivity contribution >= 4 is 53.1 Å². The number of hydrogen-bond acceptors (Lipinski definition) is 1. The van der Waals surface area contributed by atoms with Crippen molar-refractivity contribution in [2.24, 2.45) is 0 Å². The summed E-state index contributed by atoms with van der Waals surface area (Å²) < 4.78 is 2.66. The number of thiophene rings is 1. The van der Waals surface area contributed by atoms with Crippen molar-refractivity contribution in [1.82, 2.24) is 0 Å². The van der Waals surface area contributed by atoms with Gasteiger partial charge in [-0.15, -0.1) is 11.3 Å². The fourth-order valence-electron chi connectivity index (χ4n) is 10.7. The van der Waals surface area contributed by atoms with Gasteiger partial charge >= 0.3 is 0 Å². The van der Waals surface area contributed by atoms with Gasteiger partial charge in [-0.2, -0.15) is 0 Å². The largest absolute Gasteiger partial charge is 0.135 e. The Bertz CT molecular complexity index is 3350. The average molecular weight is 745 g/mol. The Morgan fingerprint density at radius 3 is 1.63 bits per heavy atom. The fourth-order valence-corrected chi connectivity index (χ4v) is 11.8. The second-order valence-electron chi connectivity index (χ2n) is 17.2. The number of fused-ring (bicyclic) bond motifs is 11. The van der Waals surface area contributed by atoms with Crippen LogP contribution < -0.4 is 0 Å². The van der Waals surface area contributed by atoms with Crippen LogP contribution in [0.3, 0.4) is 0 Å². The monoisotopic (exact) mass is 744 g/mol. The molecule has 270 valence electrons. The lowest BCUT2D eigenvalue weighted by Crippen LogP contribution is -2.14. The standard InChI is InChI=1S/C56H40S/c1-55(2)47-21-11-8-15-37(47)44-31-35(26-29-48(44)55)52-39-16-5-6-17-40(39)53(43-19-13-23-51-54(43)42-18-9-12-22-50(42)57-51)41-28-25-33(30-45(41)52)34-24-27-38-36-14-7-10-20-46(36)56(3,4)49(38)32-34/h5-32H,1-4H3. The first kappa shape index (κ1) is 32.9. The Hall–Kier alpha value is -6.28. The van der Waals surface area contributed by atoms with E-state index in [2.05, 4.69) is 198 Å². The molecule has 1 aromatic heterocycles. The maximum atomic E-state index is 2.49. The Morgan fingerprint density at radius 2 is 0.842 bits per heavy atom. The summed E-state index contributed by atoms with van der Waals surface area (Å²) in [6, 6.07) is 64.6. The van der Waals surface area contributed by atoms with E-state index in [1.54, 1.807) is 0 Å². The molecule has 0 N–H and O–H groups in total. The molecule has 57 heavy (non-hydrogen) atoms. The predicted octanol–water partition coefficient (Wildman–Crippen LogP) is 16.0. The zero-order valence-corrected chi connectivity index (χ0v) is 33.4. The summed E-state index contributed by atoms with van der Waals surface area (Å²) in [7, 11) is 0. The topological polar surface area (TPSA) is 0 Å². The van der Waals surface area contributed by atoms with E-state index in [0.717, 1.165) is 0 Å². The third-order valence-electron chi connectivity index (χ3n) is 13.5. The van der Waals surface area contributed by atoms with E-state index in [1.165, 1.54) is 120 Å². The highest BCUT2D eigenvalue weighted by atomic mass is 32.1. The minimum absolute atomic E-state index is 0.0470. The van der Waals surface area contributed by atoms with Crippen LogP contribution in [0.4, 0.5) is 0 Å². The first-order valence-electron chi connectivity index (χ1n) is 20.2. The van der Waals surface area contributed by atoms with Crippen LogP contribution in [0, 0.1) is 0 Å². The molecule has 0 spiro atoms. The Labute approximate surface area is 337 Å². The fraction of sp³-hybridized carbons (Fsp3) is 0.107. The minimum atomic E-state index is -0.0657. The van der Waals surface area contributed by atoms with Crippen LogP contribution in [0.2, 0.25) is 0 Å². The first-order valence-corrected chi connectivity index (χ1v) is 21.0. The lowest BCUT2D eigenvalue weighted by molar-refractivity contribution is 0.660. The van der Waals surface area contributed by atoms with Crippen LogP contribution in [0.15, 0.2) is 170 Å². The summed E-state index contributed by atoms with van der Waals surface area (Å²) in [4.78, 5) is 0. The van der Waals surface area contributed by atoms with Crippen LogP contribution >= 0.6 is 11.3 Å². The summed E-state index contributed by atoms with van der Waals surface area (Å²) >= 11 is 1.89. The molecule has 12 rings (SSSR count). The van der Waals surface area contributed by atoms with Gasteiger partial charge < -0.3 is 0 Å². The molecule has 0 fully saturated rings. The van der Waals surface area contributed by atoms with E-state index < -0.39 is 0 Å². The van der Waals surface area contributed by atoms with Gasteiger partial charge in [0.2, 0.25) is 0 Å². The van der Waals surface area contributed by atoms with Crippen LogP contribution in [-0.4, -0.2) is 0 Å². The van der Waals surface area contributed by atoms with Crippen molar-refractivity contribution in [1.29, 1.82) is 0 Å². The zero-order valence-electron chi connectivity index (χ0n) is 32.6. The summed E-state index contributed by atoms with van der Waals surface area (Å²) in [6.07, 6.45) is 0. The van der Waals surface area contributed by atoms with Crippen molar-refractivity contribution in [3.8, 4) is 55.6 Å². The summed E-state index contributed by atoms with van der Waals surface area (Å²) in [5, 5.41) is 7.81. The van der Waals surface area contributed by atoms with Gasteiger partial charge in [0.15, 0.2) is 0 Å². The van der Waals surface area contributed by atoms with Crippen molar-refractivity contribution in [2.75, 3.05) is 0 Å². The van der Waals surface area contributed by atoms with Gasteiger partial charge in [0.25, 0.3) is 0 Å². The molecular weight excluding hydrogens is 705 g/mol. The molecule has 0 bridgehead atoms. The van der Waals surface area contributed by atoms with E-state index in [-0.39, 0.29) is 10.8 Å². The molecule has 0 amide bonds. The lowest BCUT2D eigenvalue weighted by atomic mass is 9.80. The Balaban J connectivity index is 1.17. The second-order valence-corrected chi connectivity index (χ2v) is 18.3. The molecule has 0 saturated carbocycles. The Kier molecular flexibility index (Phi) is 6.72. The molecule has 1 heterocycles. The lowest BCUT2D eigenvalue weighted by Gasteiger charge is -2.23. The highest BCUT2D eigenvalue weighted by Gasteiger charge is 2.36. The third-order valence-corrected chi connectivity index (χ3v) is 14.6. The van der Waals surface area contributed by atoms with E-state index >= 15 is 0 Å². The third kappa shape index (κ3) is 4.49. The van der Waals surface area contributed by atoms with Gasteiger partial charge in [0, 0.05) is 31.0 Å². The van der Waals surface area contributed by atoms with Gasteiger partial charge in [-0.3, -0.25) is 0 Å². The van der Waals surface area contributed by atoms with E-state index in [9.17, 15) is 0 Å². The van der Waals surface area contributed by atoms with Gasteiger partial charge in [-0.05, 0) is 130 Å². The molecule has 9 aromatic carbocycles. The predicted molar refractivity (Wildman–Crippen MR) is 246 cm³/mol. The van der Waals surface area contributed by atoms with Crippen molar-refractivity contribution < 1.29 is 0 Å². The van der Waals surface area contributed by atoms with Gasteiger partial charge in [-0.25, -0.2) is 0 Å².